The molecule has 1 aromatic carbocycles. The van der Waals surface area contributed by atoms with Gasteiger partial charge in [-0.15, -0.1) is 0 Å². The molecule has 6 nitrogen and oxygen atoms in total. The highest BCUT2D eigenvalue weighted by Gasteiger charge is 2.16. The lowest BCUT2D eigenvalue weighted by atomic mass is 10.1. The Morgan fingerprint density at radius 2 is 1.95 bits per heavy atom. The lowest BCUT2D eigenvalue weighted by Gasteiger charge is -1.92. The average Bonchev–Trinajstić information content (AvgIpc) is 3.07. The number of nitrogens with zero attached hydrogens (tertiary/aromatic N) is 4. The first kappa shape index (κ1) is 13.0. The van der Waals surface area contributed by atoms with Crippen molar-refractivity contribution in [1.82, 2.24) is 15.3 Å². The summed E-state index contributed by atoms with van der Waals surface area (Å²) < 4.78 is 22.9. The lowest BCUT2D eigenvalue weighted by molar-refractivity contribution is 0.371. The number of hydrogen-bond donors (Lipinski definition) is 0. The minimum absolute atomic E-state index is 0.203. The molecule has 3 rings (SSSR count). The van der Waals surface area contributed by atoms with Crippen LogP contribution in [0.2, 0.25) is 0 Å². The average molecular weight is 284 g/mol. The van der Waals surface area contributed by atoms with Gasteiger partial charge in [0.2, 0.25) is 11.7 Å². The third kappa shape index (κ3) is 2.51. The van der Waals surface area contributed by atoms with E-state index in [-0.39, 0.29) is 12.2 Å². The van der Waals surface area contributed by atoms with Gasteiger partial charge in [0.25, 0.3) is 0 Å². The van der Waals surface area contributed by atoms with Crippen molar-refractivity contribution in [2.45, 2.75) is 13.3 Å². The predicted octanol–water partition coefficient (Wildman–Crippen LogP) is 2.63. The molecule has 0 N–H and O–H groups in total. The van der Waals surface area contributed by atoms with Crippen LogP contribution in [0, 0.1) is 24.1 Å². The SMILES string of the molecule is Cc1onc(Cc2nc(-c3ccc(F)cc3)no2)c1C#N. The summed E-state index contributed by atoms with van der Waals surface area (Å²) in [4.78, 5) is 4.20. The molecule has 21 heavy (non-hydrogen) atoms. The molecule has 3 aromatic rings. The van der Waals surface area contributed by atoms with Crippen LogP contribution < -0.4 is 0 Å². The first-order valence-corrected chi connectivity index (χ1v) is 6.11. The largest absolute Gasteiger partial charge is 0.360 e. The second kappa shape index (κ2) is 5.17. The highest BCUT2D eigenvalue weighted by molar-refractivity contribution is 5.53. The molecule has 0 atom stereocenters. The number of benzene rings is 1. The van der Waals surface area contributed by atoms with E-state index >= 15 is 0 Å². The van der Waals surface area contributed by atoms with E-state index in [9.17, 15) is 4.39 Å². The molecule has 7 heteroatoms. The summed E-state index contributed by atoms with van der Waals surface area (Å²) in [7, 11) is 0. The van der Waals surface area contributed by atoms with Crippen LogP contribution >= 0.6 is 0 Å². The van der Waals surface area contributed by atoms with Gasteiger partial charge in [-0.1, -0.05) is 10.3 Å². The smallest absolute Gasteiger partial charge is 0.233 e. The van der Waals surface area contributed by atoms with Crippen molar-refractivity contribution in [2.75, 3.05) is 0 Å². The monoisotopic (exact) mass is 284 g/mol. The Kier molecular flexibility index (Phi) is 3.20. The summed E-state index contributed by atoms with van der Waals surface area (Å²) in [6.45, 7) is 1.66. The van der Waals surface area contributed by atoms with Crippen LogP contribution in [0.1, 0.15) is 22.9 Å². The topological polar surface area (TPSA) is 88.7 Å². The maximum absolute atomic E-state index is 12.9. The van der Waals surface area contributed by atoms with E-state index in [1.165, 1.54) is 12.1 Å². The summed E-state index contributed by atoms with van der Waals surface area (Å²) in [6, 6.07) is 7.78. The van der Waals surface area contributed by atoms with Gasteiger partial charge in [0, 0.05) is 5.56 Å². The Labute approximate surface area is 118 Å². The summed E-state index contributed by atoms with van der Waals surface area (Å²) in [6.07, 6.45) is 0.203. The zero-order valence-corrected chi connectivity index (χ0v) is 11.0. The van der Waals surface area contributed by atoms with E-state index < -0.39 is 0 Å². The third-order valence-electron chi connectivity index (χ3n) is 2.93. The van der Waals surface area contributed by atoms with Gasteiger partial charge in [0.05, 0.1) is 6.42 Å². The Bertz CT molecular complexity index is 814. The summed E-state index contributed by atoms with van der Waals surface area (Å²) in [5, 5.41) is 16.6. The van der Waals surface area contributed by atoms with Crippen LogP contribution in [-0.2, 0) is 6.42 Å². The van der Waals surface area contributed by atoms with Crippen LogP contribution in [0.25, 0.3) is 11.4 Å². The summed E-state index contributed by atoms with van der Waals surface area (Å²) in [5.74, 6) is 0.771. The Hall–Kier alpha value is -3.01. The Morgan fingerprint density at radius 3 is 2.67 bits per heavy atom. The highest BCUT2D eigenvalue weighted by atomic mass is 19.1. The van der Waals surface area contributed by atoms with E-state index in [1.54, 1.807) is 19.1 Å². The molecule has 0 amide bonds. The van der Waals surface area contributed by atoms with E-state index in [0.717, 1.165) is 0 Å². The van der Waals surface area contributed by atoms with Crippen molar-refractivity contribution in [2.24, 2.45) is 0 Å². The zero-order valence-electron chi connectivity index (χ0n) is 11.0. The van der Waals surface area contributed by atoms with Crippen molar-refractivity contribution in [3.05, 3.63) is 53.0 Å². The third-order valence-corrected chi connectivity index (χ3v) is 2.93. The fourth-order valence-electron chi connectivity index (χ4n) is 1.87. The maximum atomic E-state index is 12.9. The minimum atomic E-state index is -0.334. The van der Waals surface area contributed by atoms with Crippen molar-refractivity contribution in [1.29, 1.82) is 5.26 Å². The fourth-order valence-corrected chi connectivity index (χ4v) is 1.87. The molecule has 0 aliphatic carbocycles. The van der Waals surface area contributed by atoms with Gasteiger partial charge in [0.1, 0.15) is 23.1 Å². The molecule has 2 heterocycles. The van der Waals surface area contributed by atoms with Crippen molar-refractivity contribution in [3.8, 4) is 17.5 Å². The molecule has 0 saturated heterocycles. The lowest BCUT2D eigenvalue weighted by Crippen LogP contribution is -1.92. The Morgan fingerprint density at radius 1 is 1.19 bits per heavy atom. The molecule has 104 valence electrons. The molecule has 0 radical (unpaired) electrons. The van der Waals surface area contributed by atoms with Crippen molar-refractivity contribution < 1.29 is 13.4 Å². The number of rotatable bonds is 3. The van der Waals surface area contributed by atoms with Crippen LogP contribution in [0.15, 0.2) is 33.3 Å². The molecule has 0 aliphatic heterocycles. The van der Waals surface area contributed by atoms with Crippen molar-refractivity contribution in [3.63, 3.8) is 0 Å². The number of aryl methyl sites for hydroxylation is 1. The molecule has 0 fully saturated rings. The van der Waals surface area contributed by atoms with Gasteiger partial charge in [0.15, 0.2) is 5.76 Å². The zero-order chi connectivity index (χ0) is 14.8. The van der Waals surface area contributed by atoms with E-state index in [1.807, 2.05) is 6.07 Å². The predicted molar refractivity (Wildman–Crippen MR) is 68.5 cm³/mol. The molecule has 0 saturated carbocycles. The van der Waals surface area contributed by atoms with Crippen LogP contribution in [-0.4, -0.2) is 15.3 Å². The second-order valence-corrected chi connectivity index (χ2v) is 4.37. The molecule has 2 aromatic heterocycles. The van der Waals surface area contributed by atoms with E-state index in [2.05, 4.69) is 15.3 Å². The molecule has 0 bridgehead atoms. The first-order chi connectivity index (χ1) is 10.2. The molecular formula is C14H9FN4O2. The second-order valence-electron chi connectivity index (χ2n) is 4.37. The molecule has 0 aliphatic rings. The van der Waals surface area contributed by atoms with Crippen LogP contribution in [0.3, 0.4) is 0 Å². The minimum Gasteiger partial charge on any atom is -0.360 e. The molecule has 0 unspecified atom stereocenters. The van der Waals surface area contributed by atoms with Gasteiger partial charge < -0.3 is 9.05 Å². The van der Waals surface area contributed by atoms with Gasteiger partial charge >= 0.3 is 0 Å². The van der Waals surface area contributed by atoms with Gasteiger partial charge in [-0.25, -0.2) is 4.39 Å². The number of hydrogen-bond acceptors (Lipinski definition) is 6. The first-order valence-electron chi connectivity index (χ1n) is 6.11. The normalized spacial score (nSPS) is 10.5. The Balaban J connectivity index is 1.85. The van der Waals surface area contributed by atoms with Gasteiger partial charge in [-0.3, -0.25) is 0 Å². The molecule has 0 spiro atoms. The van der Waals surface area contributed by atoms with Crippen LogP contribution in [0.5, 0.6) is 0 Å². The number of halogens is 1. The van der Waals surface area contributed by atoms with Crippen molar-refractivity contribution >= 4 is 0 Å². The quantitative estimate of drug-likeness (QED) is 0.734. The summed E-state index contributed by atoms with van der Waals surface area (Å²) >= 11 is 0. The molecular weight excluding hydrogens is 275 g/mol. The highest BCUT2D eigenvalue weighted by Crippen LogP contribution is 2.19. The van der Waals surface area contributed by atoms with Gasteiger partial charge in [-0.05, 0) is 31.2 Å². The van der Waals surface area contributed by atoms with Gasteiger partial charge in [-0.2, -0.15) is 10.2 Å². The summed E-state index contributed by atoms with van der Waals surface area (Å²) in [5.41, 5.74) is 1.46. The maximum Gasteiger partial charge on any atom is 0.233 e. The standard InChI is InChI=1S/C14H9FN4O2/c1-8-11(7-16)12(18-20-8)6-13-17-14(19-21-13)9-2-4-10(15)5-3-9/h2-5H,6H2,1H3. The number of aromatic nitrogens is 3. The van der Waals surface area contributed by atoms with E-state index in [4.69, 9.17) is 14.3 Å². The fraction of sp³-hybridized carbons (Fsp3) is 0.143. The van der Waals surface area contributed by atoms with E-state index in [0.29, 0.717) is 34.3 Å². The number of nitriles is 1. The van der Waals surface area contributed by atoms with Crippen LogP contribution in [0.4, 0.5) is 4.39 Å².